The molecule has 5 nitrogen and oxygen atoms in total. The minimum absolute atomic E-state index is 0.0115. The molecule has 1 aliphatic heterocycles. The molecule has 96 valence electrons. The van der Waals surface area contributed by atoms with Crippen LogP contribution in [0.2, 0.25) is 0 Å². The predicted octanol–water partition coefficient (Wildman–Crippen LogP) is 1.66. The highest BCUT2D eigenvalue weighted by Crippen LogP contribution is 2.43. The molecule has 2 heterocycles. The lowest BCUT2D eigenvalue weighted by Gasteiger charge is -2.23. The number of hydrogen-bond acceptors (Lipinski definition) is 3. The molecule has 3 atom stereocenters. The van der Waals surface area contributed by atoms with Crippen LogP contribution in [0.5, 0.6) is 0 Å². The van der Waals surface area contributed by atoms with Gasteiger partial charge in [0.05, 0.1) is 24.1 Å². The minimum atomic E-state index is -0.859. The Morgan fingerprint density at radius 3 is 2.83 bits per heavy atom. The molecule has 1 aromatic heterocycles. The molecule has 1 aromatic rings. The number of carbonyl (C=O) groups is 2. The van der Waals surface area contributed by atoms with E-state index in [9.17, 15) is 9.59 Å². The van der Waals surface area contributed by atoms with Gasteiger partial charge in [-0.15, -0.1) is 0 Å². The van der Waals surface area contributed by atoms with Gasteiger partial charge < -0.3 is 14.4 Å². The minimum Gasteiger partial charge on any atom is -0.481 e. The van der Waals surface area contributed by atoms with Crippen molar-refractivity contribution in [1.29, 1.82) is 0 Å². The van der Waals surface area contributed by atoms with Gasteiger partial charge in [-0.1, -0.05) is 0 Å². The Bertz CT molecular complexity index is 467. The molecule has 2 fully saturated rings. The summed E-state index contributed by atoms with van der Waals surface area (Å²) in [6.45, 7) is 0.701. The SMILES string of the molecule is O=C(O)[C@@H]1C[C@@H]1C(=O)N1CCC[C@H]1c1ccco1. The lowest BCUT2D eigenvalue weighted by atomic mass is 10.1. The number of carboxylic acid groups (broad SMARTS) is 1. The van der Waals surface area contributed by atoms with Crippen LogP contribution in [-0.4, -0.2) is 28.4 Å². The van der Waals surface area contributed by atoms with Crippen molar-refractivity contribution in [2.75, 3.05) is 6.54 Å². The van der Waals surface area contributed by atoms with Gasteiger partial charge in [-0.05, 0) is 31.4 Å². The van der Waals surface area contributed by atoms with Crippen LogP contribution in [0.4, 0.5) is 0 Å². The summed E-state index contributed by atoms with van der Waals surface area (Å²) in [5, 5.41) is 8.88. The zero-order chi connectivity index (χ0) is 12.7. The van der Waals surface area contributed by atoms with Crippen LogP contribution < -0.4 is 0 Å². The second kappa shape index (κ2) is 4.15. The Hall–Kier alpha value is -1.78. The van der Waals surface area contributed by atoms with Crippen molar-refractivity contribution in [2.24, 2.45) is 11.8 Å². The van der Waals surface area contributed by atoms with Crippen LogP contribution in [-0.2, 0) is 9.59 Å². The maximum absolute atomic E-state index is 12.2. The highest BCUT2D eigenvalue weighted by Gasteiger charge is 2.51. The van der Waals surface area contributed by atoms with Gasteiger partial charge in [-0.3, -0.25) is 9.59 Å². The van der Waals surface area contributed by atoms with Crippen LogP contribution >= 0.6 is 0 Å². The fourth-order valence-electron chi connectivity index (χ4n) is 2.76. The van der Waals surface area contributed by atoms with Gasteiger partial charge >= 0.3 is 5.97 Å². The summed E-state index contributed by atoms with van der Waals surface area (Å²) in [5.41, 5.74) is 0. The van der Waals surface area contributed by atoms with Gasteiger partial charge in [0.15, 0.2) is 0 Å². The second-order valence-corrected chi connectivity index (χ2v) is 4.99. The first-order valence-corrected chi connectivity index (χ1v) is 6.25. The lowest BCUT2D eigenvalue weighted by Crippen LogP contribution is -2.32. The molecule has 0 spiro atoms. The molecule has 1 saturated heterocycles. The van der Waals surface area contributed by atoms with Crippen molar-refractivity contribution < 1.29 is 19.1 Å². The molecule has 0 aromatic carbocycles. The molecule has 18 heavy (non-hydrogen) atoms. The summed E-state index contributed by atoms with van der Waals surface area (Å²) in [6, 6.07) is 3.67. The van der Waals surface area contributed by atoms with E-state index in [2.05, 4.69) is 0 Å². The number of nitrogens with zero attached hydrogens (tertiary/aromatic N) is 1. The van der Waals surface area contributed by atoms with E-state index in [0.717, 1.165) is 18.6 Å². The number of carboxylic acids is 1. The van der Waals surface area contributed by atoms with Gasteiger partial charge in [-0.2, -0.15) is 0 Å². The van der Waals surface area contributed by atoms with E-state index in [1.807, 2.05) is 12.1 Å². The largest absolute Gasteiger partial charge is 0.481 e. The molecule has 2 aliphatic rings. The van der Waals surface area contributed by atoms with Crippen molar-refractivity contribution in [3.63, 3.8) is 0 Å². The fraction of sp³-hybridized carbons (Fsp3) is 0.538. The van der Waals surface area contributed by atoms with Crippen molar-refractivity contribution in [2.45, 2.75) is 25.3 Å². The van der Waals surface area contributed by atoms with E-state index >= 15 is 0 Å². The number of furan rings is 1. The molecule has 3 rings (SSSR count). The first kappa shape index (κ1) is 11.3. The molecule has 5 heteroatoms. The Labute approximate surface area is 104 Å². The Kier molecular flexibility index (Phi) is 2.61. The quantitative estimate of drug-likeness (QED) is 0.884. The fourth-order valence-corrected chi connectivity index (χ4v) is 2.76. The number of aliphatic carboxylic acids is 1. The normalized spacial score (nSPS) is 30.4. The van der Waals surface area contributed by atoms with Gasteiger partial charge in [0.2, 0.25) is 5.91 Å². The molecule has 1 saturated carbocycles. The van der Waals surface area contributed by atoms with Crippen molar-refractivity contribution in [1.82, 2.24) is 4.90 Å². The first-order chi connectivity index (χ1) is 8.68. The number of hydrogen-bond donors (Lipinski definition) is 1. The second-order valence-electron chi connectivity index (χ2n) is 4.99. The van der Waals surface area contributed by atoms with E-state index in [1.165, 1.54) is 0 Å². The maximum Gasteiger partial charge on any atom is 0.307 e. The molecule has 0 unspecified atom stereocenters. The van der Waals surface area contributed by atoms with Gasteiger partial charge in [0.1, 0.15) is 5.76 Å². The van der Waals surface area contributed by atoms with E-state index in [4.69, 9.17) is 9.52 Å². The van der Waals surface area contributed by atoms with Gasteiger partial charge in [0, 0.05) is 6.54 Å². The van der Waals surface area contributed by atoms with Crippen LogP contribution in [0.1, 0.15) is 31.1 Å². The first-order valence-electron chi connectivity index (χ1n) is 6.25. The van der Waals surface area contributed by atoms with Crippen molar-refractivity contribution in [3.8, 4) is 0 Å². The zero-order valence-corrected chi connectivity index (χ0v) is 9.91. The topological polar surface area (TPSA) is 70.8 Å². The van der Waals surface area contributed by atoms with Crippen LogP contribution in [0.25, 0.3) is 0 Å². The van der Waals surface area contributed by atoms with E-state index < -0.39 is 11.9 Å². The number of amides is 1. The third-order valence-corrected chi connectivity index (χ3v) is 3.83. The highest BCUT2D eigenvalue weighted by molar-refractivity contribution is 5.89. The summed E-state index contributed by atoms with van der Waals surface area (Å²) in [6.07, 6.45) is 3.92. The summed E-state index contributed by atoms with van der Waals surface area (Å²) < 4.78 is 5.36. The van der Waals surface area contributed by atoms with E-state index in [1.54, 1.807) is 11.2 Å². The average Bonchev–Trinajstić information content (AvgIpc) is 2.78. The highest BCUT2D eigenvalue weighted by atomic mass is 16.4. The molecule has 0 bridgehead atoms. The number of carbonyl (C=O) groups excluding carboxylic acids is 1. The van der Waals surface area contributed by atoms with E-state index in [-0.39, 0.29) is 17.9 Å². The van der Waals surface area contributed by atoms with Crippen LogP contribution in [0.3, 0.4) is 0 Å². The van der Waals surface area contributed by atoms with Crippen molar-refractivity contribution in [3.05, 3.63) is 24.2 Å². The predicted molar refractivity (Wildman–Crippen MR) is 61.6 cm³/mol. The number of likely N-dealkylation sites (tertiary alicyclic amines) is 1. The number of rotatable bonds is 3. The maximum atomic E-state index is 12.2. The molecule has 0 radical (unpaired) electrons. The van der Waals surface area contributed by atoms with Gasteiger partial charge in [0.25, 0.3) is 0 Å². The Balaban J connectivity index is 1.72. The van der Waals surface area contributed by atoms with Crippen molar-refractivity contribution >= 4 is 11.9 Å². The summed E-state index contributed by atoms with van der Waals surface area (Å²) >= 11 is 0. The zero-order valence-electron chi connectivity index (χ0n) is 9.91. The Morgan fingerprint density at radius 2 is 2.22 bits per heavy atom. The third-order valence-electron chi connectivity index (χ3n) is 3.83. The molecule has 1 amide bonds. The summed E-state index contributed by atoms with van der Waals surface area (Å²) in [5.74, 6) is -0.884. The van der Waals surface area contributed by atoms with Crippen LogP contribution in [0, 0.1) is 11.8 Å². The standard InChI is InChI=1S/C13H15NO4/c15-12(8-7-9(8)13(16)17)14-5-1-3-10(14)11-4-2-6-18-11/h2,4,6,8-10H,1,3,5,7H2,(H,16,17)/t8-,9+,10-/m0/s1. The van der Waals surface area contributed by atoms with Crippen LogP contribution in [0.15, 0.2) is 22.8 Å². The third kappa shape index (κ3) is 1.79. The summed E-state index contributed by atoms with van der Waals surface area (Å²) in [4.78, 5) is 24.8. The smallest absolute Gasteiger partial charge is 0.307 e. The van der Waals surface area contributed by atoms with E-state index in [0.29, 0.717) is 13.0 Å². The van der Waals surface area contributed by atoms with Gasteiger partial charge in [-0.25, -0.2) is 0 Å². The molecule has 1 N–H and O–H groups in total. The molecule has 1 aliphatic carbocycles. The monoisotopic (exact) mass is 249 g/mol. The Morgan fingerprint density at radius 1 is 1.39 bits per heavy atom. The lowest BCUT2D eigenvalue weighted by molar-refractivity contribution is -0.142. The average molecular weight is 249 g/mol. The molecular weight excluding hydrogens is 234 g/mol. The summed E-state index contributed by atoms with van der Waals surface area (Å²) in [7, 11) is 0. The molecular formula is C13H15NO4.